The molecular formula is C20H28N4OS2. The average molecular weight is 405 g/mol. The minimum absolute atomic E-state index is 0.526. The summed E-state index contributed by atoms with van der Waals surface area (Å²) in [6.45, 7) is 4.15. The summed E-state index contributed by atoms with van der Waals surface area (Å²) in [6, 6.07) is 9.58. The van der Waals surface area contributed by atoms with E-state index in [-0.39, 0.29) is 0 Å². The number of aryl methyl sites for hydroxylation is 2. The van der Waals surface area contributed by atoms with Crippen molar-refractivity contribution < 1.29 is 4.21 Å². The van der Waals surface area contributed by atoms with Gasteiger partial charge in [-0.25, -0.2) is 4.98 Å². The Morgan fingerprint density at radius 1 is 1.30 bits per heavy atom. The number of hydrogen-bond acceptors (Lipinski definition) is 4. The lowest BCUT2D eigenvalue weighted by Crippen LogP contribution is -2.38. The van der Waals surface area contributed by atoms with Gasteiger partial charge in [-0.3, -0.25) is 9.20 Å². The average Bonchev–Trinajstić information content (AvgIpc) is 3.10. The zero-order chi connectivity index (χ0) is 19.1. The normalized spacial score (nSPS) is 15.3. The van der Waals surface area contributed by atoms with E-state index in [0.717, 1.165) is 35.4 Å². The van der Waals surface area contributed by atoms with Gasteiger partial charge in [0.15, 0.2) is 5.96 Å². The van der Waals surface area contributed by atoms with Gasteiger partial charge in [0.1, 0.15) is 5.01 Å². The molecule has 1 N–H and O–H groups in total. The van der Waals surface area contributed by atoms with Crippen molar-refractivity contribution in [3.63, 3.8) is 0 Å². The summed E-state index contributed by atoms with van der Waals surface area (Å²) in [5, 5.41) is 4.49. The first-order valence-electron chi connectivity index (χ1n) is 9.57. The van der Waals surface area contributed by atoms with E-state index >= 15 is 0 Å². The Morgan fingerprint density at radius 2 is 2.07 bits per heavy atom. The summed E-state index contributed by atoms with van der Waals surface area (Å²) < 4.78 is 12.4. The van der Waals surface area contributed by atoms with Crippen LogP contribution < -0.4 is 5.32 Å². The summed E-state index contributed by atoms with van der Waals surface area (Å²) in [4.78, 5) is 13.9. The Hall–Kier alpha value is -1.73. The summed E-state index contributed by atoms with van der Waals surface area (Å²) in [5.41, 5.74) is 1.30. The van der Waals surface area contributed by atoms with Gasteiger partial charge in [-0.1, -0.05) is 18.2 Å². The first-order chi connectivity index (χ1) is 13.2. The van der Waals surface area contributed by atoms with Gasteiger partial charge in [0.05, 0.1) is 29.6 Å². The first kappa shape index (κ1) is 20.0. The molecule has 0 radical (unpaired) electrons. The predicted octanol–water partition coefficient (Wildman–Crippen LogP) is 3.23. The van der Waals surface area contributed by atoms with Crippen LogP contribution in [0, 0.1) is 0 Å². The maximum absolute atomic E-state index is 12.4. The van der Waals surface area contributed by atoms with Crippen LogP contribution in [0.15, 0.2) is 40.2 Å². The molecular weight excluding hydrogens is 376 g/mol. The lowest BCUT2D eigenvalue weighted by Gasteiger charge is -2.21. The molecule has 1 unspecified atom stereocenters. The number of benzene rings is 1. The van der Waals surface area contributed by atoms with E-state index in [4.69, 9.17) is 4.98 Å². The van der Waals surface area contributed by atoms with Crippen molar-refractivity contribution in [2.24, 2.45) is 4.99 Å². The quantitative estimate of drug-likeness (QED) is 0.569. The Balaban J connectivity index is 1.59. The van der Waals surface area contributed by atoms with Gasteiger partial charge < -0.3 is 10.2 Å². The largest absolute Gasteiger partial charge is 0.357 e. The number of nitrogens with zero attached hydrogens (tertiary/aromatic N) is 3. The highest BCUT2D eigenvalue weighted by Crippen LogP contribution is 2.27. The standard InChI is InChI=1S/C20H28N4OS2/c1-3-21-20(22-13-14-27(25)16-9-5-4-6-10-16)24(2)15-19-23-17-11-7-8-12-18(17)26-19/h4-6,9-10H,3,7-8,11-15H2,1-2H3,(H,21,22). The number of guanidine groups is 1. The van der Waals surface area contributed by atoms with Gasteiger partial charge in [0.25, 0.3) is 0 Å². The van der Waals surface area contributed by atoms with Crippen molar-refractivity contribution >= 4 is 28.1 Å². The molecule has 1 heterocycles. The molecule has 0 spiro atoms. The highest BCUT2D eigenvalue weighted by Gasteiger charge is 2.17. The van der Waals surface area contributed by atoms with E-state index in [1.807, 2.05) is 48.7 Å². The molecule has 0 amide bonds. The molecule has 0 saturated carbocycles. The second-order valence-electron chi connectivity index (χ2n) is 6.64. The van der Waals surface area contributed by atoms with Crippen LogP contribution in [-0.4, -0.2) is 45.9 Å². The summed E-state index contributed by atoms with van der Waals surface area (Å²) >= 11 is 1.84. The molecule has 7 heteroatoms. The Labute approximate surface area is 168 Å². The molecule has 3 rings (SSSR count). The number of thiazole rings is 1. The number of rotatable bonds is 7. The molecule has 0 bridgehead atoms. The molecule has 5 nitrogen and oxygen atoms in total. The molecule has 1 aliphatic carbocycles. The second-order valence-corrected chi connectivity index (χ2v) is 9.38. The Bertz CT molecular complexity index is 765. The topological polar surface area (TPSA) is 57.6 Å². The van der Waals surface area contributed by atoms with Gasteiger partial charge in [-0.15, -0.1) is 11.3 Å². The monoisotopic (exact) mass is 404 g/mol. The zero-order valence-corrected chi connectivity index (χ0v) is 17.7. The fourth-order valence-corrected chi connectivity index (χ4v) is 5.31. The fraction of sp³-hybridized carbons (Fsp3) is 0.500. The molecule has 146 valence electrons. The van der Waals surface area contributed by atoms with Crippen LogP contribution in [0.4, 0.5) is 0 Å². The Morgan fingerprint density at radius 3 is 2.81 bits per heavy atom. The van der Waals surface area contributed by atoms with Crippen molar-refractivity contribution in [3.05, 3.63) is 45.9 Å². The van der Waals surface area contributed by atoms with Crippen LogP contribution >= 0.6 is 11.3 Å². The van der Waals surface area contributed by atoms with E-state index < -0.39 is 10.8 Å². The lowest BCUT2D eigenvalue weighted by atomic mass is 10.0. The van der Waals surface area contributed by atoms with E-state index in [2.05, 4.69) is 22.1 Å². The molecule has 27 heavy (non-hydrogen) atoms. The third-order valence-electron chi connectivity index (χ3n) is 4.50. The smallest absolute Gasteiger partial charge is 0.194 e. The number of hydrogen-bond donors (Lipinski definition) is 1. The van der Waals surface area contributed by atoms with Gasteiger partial charge in [0.2, 0.25) is 0 Å². The number of nitrogens with one attached hydrogen (secondary N) is 1. The van der Waals surface area contributed by atoms with E-state index in [9.17, 15) is 4.21 Å². The van der Waals surface area contributed by atoms with Crippen LogP contribution in [0.1, 0.15) is 35.3 Å². The van der Waals surface area contributed by atoms with Crippen LogP contribution in [0.2, 0.25) is 0 Å². The van der Waals surface area contributed by atoms with Crippen molar-refractivity contribution in [2.75, 3.05) is 25.9 Å². The fourth-order valence-electron chi connectivity index (χ4n) is 3.15. The maximum Gasteiger partial charge on any atom is 0.194 e. The lowest BCUT2D eigenvalue weighted by molar-refractivity contribution is 0.475. The molecule has 0 saturated heterocycles. The highest BCUT2D eigenvalue weighted by molar-refractivity contribution is 7.85. The number of aliphatic imine (C=N–C) groups is 1. The van der Waals surface area contributed by atoms with Crippen LogP contribution in [-0.2, 0) is 30.2 Å². The zero-order valence-electron chi connectivity index (χ0n) is 16.1. The number of fused-ring (bicyclic) bond motifs is 1. The van der Waals surface area contributed by atoms with E-state index in [1.165, 1.54) is 29.8 Å². The van der Waals surface area contributed by atoms with Gasteiger partial charge in [0, 0.05) is 29.1 Å². The third kappa shape index (κ3) is 5.62. The molecule has 1 aliphatic rings. The van der Waals surface area contributed by atoms with E-state index in [1.54, 1.807) is 0 Å². The second kappa shape index (κ2) is 9.99. The summed E-state index contributed by atoms with van der Waals surface area (Å²) in [7, 11) is 1.02. The summed E-state index contributed by atoms with van der Waals surface area (Å²) in [6.07, 6.45) is 4.84. The minimum atomic E-state index is -1.01. The highest BCUT2D eigenvalue weighted by atomic mass is 32.2. The van der Waals surface area contributed by atoms with Gasteiger partial charge in [-0.2, -0.15) is 0 Å². The van der Waals surface area contributed by atoms with Crippen molar-refractivity contribution in [2.45, 2.75) is 44.0 Å². The van der Waals surface area contributed by atoms with Crippen molar-refractivity contribution in [1.82, 2.24) is 15.2 Å². The Kier molecular flexibility index (Phi) is 7.41. The predicted molar refractivity (Wildman–Crippen MR) is 114 cm³/mol. The summed E-state index contributed by atoms with van der Waals surface area (Å²) in [5.74, 6) is 1.37. The van der Waals surface area contributed by atoms with Crippen LogP contribution in [0.5, 0.6) is 0 Å². The first-order valence-corrected chi connectivity index (χ1v) is 11.7. The maximum atomic E-state index is 12.4. The van der Waals surface area contributed by atoms with Crippen LogP contribution in [0.3, 0.4) is 0 Å². The molecule has 0 fully saturated rings. The molecule has 1 atom stereocenters. The number of aromatic nitrogens is 1. The SMILES string of the molecule is CCNC(=NCCS(=O)c1ccccc1)N(C)Cc1nc2c(s1)CCCC2. The molecule has 0 aliphatic heterocycles. The third-order valence-corrected chi connectivity index (χ3v) is 7.00. The van der Waals surface area contributed by atoms with Crippen molar-refractivity contribution in [1.29, 1.82) is 0 Å². The molecule has 1 aromatic heterocycles. The van der Waals surface area contributed by atoms with E-state index in [0.29, 0.717) is 12.3 Å². The van der Waals surface area contributed by atoms with Crippen LogP contribution in [0.25, 0.3) is 0 Å². The molecule has 1 aromatic carbocycles. The van der Waals surface area contributed by atoms with Crippen molar-refractivity contribution in [3.8, 4) is 0 Å². The molecule has 2 aromatic rings. The van der Waals surface area contributed by atoms with Gasteiger partial charge >= 0.3 is 0 Å². The van der Waals surface area contributed by atoms with Gasteiger partial charge in [-0.05, 0) is 44.7 Å². The minimum Gasteiger partial charge on any atom is -0.357 e.